The summed E-state index contributed by atoms with van der Waals surface area (Å²) in [4.78, 5) is 0. The Hall–Kier alpha value is -0.0400. The van der Waals surface area contributed by atoms with E-state index < -0.39 is 0 Å². The van der Waals surface area contributed by atoms with Crippen LogP contribution in [0.5, 0.6) is 0 Å². The van der Waals surface area contributed by atoms with Crippen LogP contribution in [0.15, 0.2) is 0 Å². The molecule has 1 nitrogen and oxygen atoms in total. The molecule has 10 atom stereocenters. The van der Waals surface area contributed by atoms with Gasteiger partial charge >= 0.3 is 0 Å². The quantitative estimate of drug-likeness (QED) is 0.499. The van der Waals surface area contributed by atoms with Crippen molar-refractivity contribution in [2.24, 2.45) is 58.2 Å². The molecule has 0 spiro atoms. The van der Waals surface area contributed by atoms with E-state index in [2.05, 4.69) is 41.5 Å². The van der Waals surface area contributed by atoms with E-state index in [4.69, 9.17) is 0 Å². The minimum Gasteiger partial charge on any atom is -0.393 e. The molecule has 0 heterocycles. The van der Waals surface area contributed by atoms with Gasteiger partial charge in [0.25, 0.3) is 0 Å². The van der Waals surface area contributed by atoms with Gasteiger partial charge in [-0.15, -0.1) is 0 Å². The summed E-state index contributed by atoms with van der Waals surface area (Å²) in [6.45, 7) is 15.0. The lowest BCUT2D eigenvalue weighted by Crippen LogP contribution is -2.57. The van der Waals surface area contributed by atoms with Gasteiger partial charge in [-0.3, -0.25) is 0 Å². The second kappa shape index (κ2) is 8.14. The first-order chi connectivity index (χ1) is 13.7. The summed E-state index contributed by atoms with van der Waals surface area (Å²) >= 11 is 0. The van der Waals surface area contributed by atoms with Gasteiger partial charge < -0.3 is 5.11 Å². The Morgan fingerprint density at radius 3 is 2.31 bits per heavy atom. The summed E-state index contributed by atoms with van der Waals surface area (Å²) in [5, 5.41) is 11.1. The van der Waals surface area contributed by atoms with Gasteiger partial charge in [-0.1, -0.05) is 60.8 Å². The van der Waals surface area contributed by atoms with E-state index in [9.17, 15) is 5.11 Å². The molecule has 168 valence electrons. The monoisotopic (exact) mass is 402 g/mol. The van der Waals surface area contributed by atoms with Crippen molar-refractivity contribution in [3.05, 3.63) is 0 Å². The van der Waals surface area contributed by atoms with Crippen LogP contribution in [0.1, 0.15) is 112 Å². The molecule has 0 amide bonds. The summed E-state index contributed by atoms with van der Waals surface area (Å²) in [6, 6.07) is 0. The average Bonchev–Trinajstić information content (AvgIpc) is 3.04. The molecule has 2 unspecified atom stereocenters. The third kappa shape index (κ3) is 3.54. The van der Waals surface area contributed by atoms with Crippen LogP contribution in [-0.2, 0) is 0 Å². The molecule has 0 aliphatic heterocycles. The maximum Gasteiger partial charge on any atom is 0.0599 e. The van der Waals surface area contributed by atoms with Crippen LogP contribution in [0.4, 0.5) is 0 Å². The van der Waals surface area contributed by atoms with Crippen molar-refractivity contribution < 1.29 is 5.11 Å². The minimum atomic E-state index is -0.0351. The molecule has 29 heavy (non-hydrogen) atoms. The van der Waals surface area contributed by atoms with Crippen LogP contribution in [0, 0.1) is 58.2 Å². The fourth-order valence-electron chi connectivity index (χ4n) is 9.35. The lowest BCUT2D eigenvalue weighted by atomic mass is 9.44. The number of aliphatic hydroxyl groups is 1. The molecular weight excluding hydrogens is 352 g/mol. The van der Waals surface area contributed by atoms with Gasteiger partial charge in [0, 0.05) is 0 Å². The van der Waals surface area contributed by atoms with Crippen LogP contribution < -0.4 is 0 Å². The van der Waals surface area contributed by atoms with Crippen molar-refractivity contribution in [2.45, 2.75) is 118 Å². The van der Waals surface area contributed by atoms with E-state index in [1.807, 2.05) is 0 Å². The van der Waals surface area contributed by atoms with Gasteiger partial charge in [-0.05, 0) is 110 Å². The van der Waals surface area contributed by atoms with Crippen molar-refractivity contribution >= 4 is 0 Å². The largest absolute Gasteiger partial charge is 0.393 e. The molecule has 0 saturated heterocycles. The molecular formula is C28H50O. The molecule has 4 fully saturated rings. The first kappa shape index (κ1) is 22.2. The molecule has 0 aromatic carbocycles. The highest BCUT2D eigenvalue weighted by Crippen LogP contribution is 2.68. The second-order valence-corrected chi connectivity index (χ2v) is 13.0. The molecule has 0 aromatic heterocycles. The van der Waals surface area contributed by atoms with Crippen molar-refractivity contribution in [1.29, 1.82) is 0 Å². The Bertz CT molecular complexity index is 569. The smallest absolute Gasteiger partial charge is 0.0599 e. The minimum absolute atomic E-state index is 0.0351. The number of fused-ring (bicyclic) bond motifs is 5. The average molecular weight is 403 g/mol. The molecule has 1 heteroatoms. The normalized spacial score (nSPS) is 49.2. The third-order valence-electron chi connectivity index (χ3n) is 11.7. The predicted molar refractivity (Wildman–Crippen MR) is 124 cm³/mol. The molecule has 1 N–H and O–H groups in total. The van der Waals surface area contributed by atoms with Crippen molar-refractivity contribution in [3.63, 3.8) is 0 Å². The maximum atomic E-state index is 11.1. The predicted octanol–water partition coefficient (Wildman–Crippen LogP) is 7.71. The zero-order valence-corrected chi connectivity index (χ0v) is 20.4. The first-order valence-corrected chi connectivity index (χ1v) is 13.4. The Morgan fingerprint density at radius 1 is 0.828 bits per heavy atom. The Morgan fingerprint density at radius 2 is 1.59 bits per heavy atom. The number of hydrogen-bond acceptors (Lipinski definition) is 1. The summed E-state index contributed by atoms with van der Waals surface area (Å²) in [7, 11) is 0. The molecule has 4 saturated carbocycles. The third-order valence-corrected chi connectivity index (χ3v) is 11.7. The first-order valence-electron chi connectivity index (χ1n) is 13.4. The molecule has 0 bridgehead atoms. The lowest BCUT2D eigenvalue weighted by molar-refractivity contribution is -0.164. The highest BCUT2D eigenvalue weighted by atomic mass is 16.3. The van der Waals surface area contributed by atoms with E-state index >= 15 is 0 Å². The summed E-state index contributed by atoms with van der Waals surface area (Å²) in [5.41, 5.74) is 0.795. The van der Waals surface area contributed by atoms with Gasteiger partial charge in [-0.25, -0.2) is 0 Å². The van der Waals surface area contributed by atoms with E-state index in [1.165, 1.54) is 64.2 Å². The SMILES string of the molecule is CC(C)[C@@H](C)CC[C@@H](C)[C@H]1CC[C@H]2[C@@H]3CCC4CCCC(O)[C@]4(C)[C@H]3CC[C@]12C. The molecule has 4 aliphatic rings. The highest BCUT2D eigenvalue weighted by molar-refractivity contribution is 5.10. The second-order valence-electron chi connectivity index (χ2n) is 13.0. The van der Waals surface area contributed by atoms with Gasteiger partial charge in [0.05, 0.1) is 6.10 Å². The van der Waals surface area contributed by atoms with Crippen LogP contribution in [0.25, 0.3) is 0 Å². The van der Waals surface area contributed by atoms with Crippen LogP contribution >= 0.6 is 0 Å². The van der Waals surface area contributed by atoms with Crippen LogP contribution in [0.2, 0.25) is 0 Å². The molecule has 0 aromatic rings. The Labute approximate surface area is 181 Å². The van der Waals surface area contributed by atoms with E-state index in [1.54, 1.807) is 0 Å². The van der Waals surface area contributed by atoms with E-state index in [0.29, 0.717) is 5.41 Å². The summed E-state index contributed by atoms with van der Waals surface area (Å²) in [6.07, 6.45) is 15.1. The topological polar surface area (TPSA) is 20.2 Å². The Kier molecular flexibility index (Phi) is 6.22. The van der Waals surface area contributed by atoms with E-state index in [0.717, 1.165) is 53.8 Å². The summed E-state index contributed by atoms with van der Waals surface area (Å²) < 4.78 is 0. The molecule has 4 aliphatic carbocycles. The number of hydrogen-bond donors (Lipinski definition) is 1. The fourth-order valence-corrected chi connectivity index (χ4v) is 9.35. The lowest BCUT2D eigenvalue weighted by Gasteiger charge is -2.62. The Balaban J connectivity index is 1.48. The van der Waals surface area contributed by atoms with E-state index in [-0.39, 0.29) is 11.5 Å². The van der Waals surface area contributed by atoms with Gasteiger partial charge in [0.15, 0.2) is 0 Å². The standard InChI is InChI=1S/C28H50O/c1-18(2)19(3)10-11-20(4)23-14-15-24-22-13-12-21-8-7-9-26(29)28(21,6)25(22)16-17-27(23,24)5/h18-26,29H,7-17H2,1-6H3/t19-,20+,21?,22-,23+,24-,25-,26?,27+,28-/m0/s1. The number of rotatable bonds is 5. The van der Waals surface area contributed by atoms with Crippen molar-refractivity contribution in [3.8, 4) is 0 Å². The number of aliphatic hydroxyl groups excluding tert-OH is 1. The van der Waals surface area contributed by atoms with Crippen molar-refractivity contribution in [2.75, 3.05) is 0 Å². The van der Waals surface area contributed by atoms with Gasteiger partial charge in [-0.2, -0.15) is 0 Å². The van der Waals surface area contributed by atoms with Crippen LogP contribution in [-0.4, -0.2) is 11.2 Å². The van der Waals surface area contributed by atoms with Gasteiger partial charge in [0.1, 0.15) is 0 Å². The fraction of sp³-hybridized carbons (Fsp3) is 1.00. The highest BCUT2D eigenvalue weighted by Gasteiger charge is 2.61. The van der Waals surface area contributed by atoms with Crippen molar-refractivity contribution in [1.82, 2.24) is 0 Å². The molecule has 0 radical (unpaired) electrons. The maximum absolute atomic E-state index is 11.1. The summed E-state index contributed by atoms with van der Waals surface area (Å²) in [5.74, 6) is 6.93. The molecule has 4 rings (SSSR count). The van der Waals surface area contributed by atoms with Gasteiger partial charge in [0.2, 0.25) is 0 Å². The zero-order chi connectivity index (χ0) is 21.0. The van der Waals surface area contributed by atoms with Crippen LogP contribution in [0.3, 0.4) is 0 Å². The zero-order valence-electron chi connectivity index (χ0n) is 20.4.